The van der Waals surface area contributed by atoms with Crippen LogP contribution in [-0.2, 0) is 9.84 Å². The van der Waals surface area contributed by atoms with Crippen molar-refractivity contribution in [3.8, 4) is 0 Å². The summed E-state index contributed by atoms with van der Waals surface area (Å²) < 4.78 is 63.4. The van der Waals surface area contributed by atoms with Crippen molar-refractivity contribution in [1.29, 1.82) is 0 Å². The molecule has 1 aromatic rings. The second kappa shape index (κ2) is 5.92. The fourth-order valence-corrected chi connectivity index (χ4v) is 2.55. The largest absolute Gasteiger partial charge is 0.309 e. The highest BCUT2D eigenvalue weighted by atomic mass is 32.2. The van der Waals surface area contributed by atoms with Gasteiger partial charge in [0, 0.05) is 24.0 Å². The van der Waals surface area contributed by atoms with Crippen molar-refractivity contribution >= 4 is 9.84 Å². The third-order valence-corrected chi connectivity index (χ3v) is 4.55. The number of benzene rings is 1. The average Bonchev–Trinajstić information content (AvgIpc) is 2.24. The first-order chi connectivity index (χ1) is 8.68. The molecule has 19 heavy (non-hydrogen) atoms. The van der Waals surface area contributed by atoms with E-state index in [1.807, 2.05) is 0 Å². The molecule has 7 heteroatoms. The van der Waals surface area contributed by atoms with Crippen molar-refractivity contribution in [2.75, 3.05) is 12.8 Å². The summed E-state index contributed by atoms with van der Waals surface area (Å²) in [4.78, 5) is 0. The van der Waals surface area contributed by atoms with Gasteiger partial charge in [0.2, 0.25) is 0 Å². The summed E-state index contributed by atoms with van der Waals surface area (Å²) in [6, 6.07) is 0.00998. The molecule has 2 atom stereocenters. The Labute approximate surface area is 110 Å². The van der Waals surface area contributed by atoms with Crippen LogP contribution in [-0.4, -0.2) is 26.5 Å². The molecule has 0 radical (unpaired) electrons. The first kappa shape index (κ1) is 16.0. The maximum atomic E-state index is 13.7. The number of rotatable bonds is 5. The zero-order valence-corrected chi connectivity index (χ0v) is 11.7. The Kier molecular flexibility index (Phi) is 4.98. The molecule has 0 aromatic heterocycles. The fraction of sp³-hybridized carbons (Fsp3) is 0.500. The zero-order chi connectivity index (χ0) is 14.8. The van der Waals surface area contributed by atoms with E-state index >= 15 is 0 Å². The predicted molar refractivity (Wildman–Crippen MR) is 67.0 cm³/mol. The van der Waals surface area contributed by atoms with Gasteiger partial charge in [-0.05, 0) is 13.5 Å². The van der Waals surface area contributed by atoms with Crippen LogP contribution in [0.1, 0.15) is 25.5 Å². The minimum Gasteiger partial charge on any atom is -0.309 e. The molecule has 0 fully saturated rings. The Morgan fingerprint density at radius 2 is 1.68 bits per heavy atom. The van der Waals surface area contributed by atoms with Gasteiger partial charge in [-0.2, -0.15) is 0 Å². The molecule has 3 nitrogen and oxygen atoms in total. The maximum absolute atomic E-state index is 13.7. The highest BCUT2D eigenvalue weighted by molar-refractivity contribution is 7.91. The SMILES string of the molecule is CCNC(c1c(F)cc(F)cc1F)C(C)S(C)(=O)=O. The van der Waals surface area contributed by atoms with Crippen molar-refractivity contribution in [2.24, 2.45) is 0 Å². The molecule has 0 aliphatic heterocycles. The van der Waals surface area contributed by atoms with E-state index in [1.54, 1.807) is 6.92 Å². The predicted octanol–water partition coefficient (Wildman–Crippen LogP) is 2.19. The Morgan fingerprint density at radius 3 is 2.05 bits per heavy atom. The van der Waals surface area contributed by atoms with E-state index in [9.17, 15) is 21.6 Å². The summed E-state index contributed by atoms with van der Waals surface area (Å²) in [5.74, 6) is -3.24. The van der Waals surface area contributed by atoms with Crippen molar-refractivity contribution in [3.63, 3.8) is 0 Å². The number of halogens is 3. The van der Waals surface area contributed by atoms with Crippen molar-refractivity contribution in [2.45, 2.75) is 25.1 Å². The standard InChI is InChI=1S/C12H16F3NO2S/c1-4-16-12(7(2)19(3,17)18)11-9(14)5-8(13)6-10(11)15/h5-7,12,16H,4H2,1-3H3. The molecule has 1 aromatic carbocycles. The lowest BCUT2D eigenvalue weighted by atomic mass is 10.0. The van der Waals surface area contributed by atoms with Crippen LogP contribution in [0.3, 0.4) is 0 Å². The molecule has 0 saturated heterocycles. The van der Waals surface area contributed by atoms with Crippen LogP contribution >= 0.6 is 0 Å². The van der Waals surface area contributed by atoms with Crippen LogP contribution in [0.5, 0.6) is 0 Å². The second-order valence-corrected chi connectivity index (χ2v) is 6.76. The van der Waals surface area contributed by atoms with Gasteiger partial charge in [-0.15, -0.1) is 0 Å². The maximum Gasteiger partial charge on any atom is 0.151 e. The van der Waals surface area contributed by atoms with Crippen LogP contribution < -0.4 is 5.32 Å². The smallest absolute Gasteiger partial charge is 0.151 e. The molecule has 0 bridgehead atoms. The number of hydrogen-bond acceptors (Lipinski definition) is 3. The minimum atomic E-state index is -3.51. The summed E-state index contributed by atoms with van der Waals surface area (Å²) in [7, 11) is -3.51. The normalized spacial score (nSPS) is 15.3. The lowest BCUT2D eigenvalue weighted by Crippen LogP contribution is -2.36. The first-order valence-electron chi connectivity index (χ1n) is 5.75. The summed E-state index contributed by atoms with van der Waals surface area (Å²) in [6.45, 7) is 3.35. The van der Waals surface area contributed by atoms with E-state index in [4.69, 9.17) is 0 Å². The van der Waals surface area contributed by atoms with Gasteiger partial charge in [0.1, 0.15) is 17.5 Å². The van der Waals surface area contributed by atoms with E-state index in [0.717, 1.165) is 6.26 Å². The van der Waals surface area contributed by atoms with Crippen molar-refractivity contribution < 1.29 is 21.6 Å². The summed E-state index contributed by atoms with van der Waals surface area (Å²) in [6.07, 6.45) is 0.987. The van der Waals surface area contributed by atoms with Crippen LogP contribution in [0, 0.1) is 17.5 Å². The molecule has 0 saturated carbocycles. The molecule has 0 spiro atoms. The van der Waals surface area contributed by atoms with Gasteiger partial charge in [0.05, 0.1) is 11.3 Å². The fourth-order valence-electron chi connectivity index (χ4n) is 1.82. The van der Waals surface area contributed by atoms with Crippen molar-refractivity contribution in [1.82, 2.24) is 5.32 Å². The molecule has 0 amide bonds. The molecule has 1 rings (SSSR count). The minimum absolute atomic E-state index is 0.320. The number of nitrogens with one attached hydrogen (secondary N) is 1. The van der Waals surface area contributed by atoms with Gasteiger partial charge in [0.25, 0.3) is 0 Å². The molecule has 1 N–H and O–H groups in total. The lowest BCUT2D eigenvalue weighted by Gasteiger charge is -2.24. The molecular formula is C12H16F3NO2S. The van der Waals surface area contributed by atoms with E-state index < -0.39 is 44.1 Å². The third kappa shape index (κ3) is 3.70. The van der Waals surface area contributed by atoms with Crippen LogP contribution in [0.4, 0.5) is 13.2 Å². The highest BCUT2D eigenvalue weighted by Gasteiger charge is 2.31. The van der Waals surface area contributed by atoms with Crippen LogP contribution in [0.25, 0.3) is 0 Å². The zero-order valence-electron chi connectivity index (χ0n) is 10.9. The summed E-state index contributed by atoms with van der Waals surface area (Å²) in [5.41, 5.74) is -0.457. The topological polar surface area (TPSA) is 46.2 Å². The van der Waals surface area contributed by atoms with Gasteiger partial charge in [-0.25, -0.2) is 21.6 Å². The van der Waals surface area contributed by atoms with Gasteiger partial charge >= 0.3 is 0 Å². The first-order valence-corrected chi connectivity index (χ1v) is 7.70. The van der Waals surface area contributed by atoms with Crippen molar-refractivity contribution in [3.05, 3.63) is 35.1 Å². The average molecular weight is 295 g/mol. The lowest BCUT2D eigenvalue weighted by molar-refractivity contribution is 0.452. The highest BCUT2D eigenvalue weighted by Crippen LogP contribution is 2.27. The Balaban J connectivity index is 3.35. The molecule has 0 heterocycles. The van der Waals surface area contributed by atoms with Gasteiger partial charge in [0.15, 0.2) is 9.84 Å². The Bertz CT molecular complexity index is 537. The second-order valence-electron chi connectivity index (χ2n) is 4.35. The van der Waals surface area contributed by atoms with Gasteiger partial charge in [-0.3, -0.25) is 0 Å². The van der Waals surface area contributed by atoms with Gasteiger partial charge < -0.3 is 5.32 Å². The Morgan fingerprint density at radius 1 is 1.21 bits per heavy atom. The van der Waals surface area contributed by atoms with E-state index in [2.05, 4.69) is 5.32 Å². The molecule has 2 unspecified atom stereocenters. The van der Waals surface area contributed by atoms with E-state index in [0.29, 0.717) is 18.7 Å². The number of sulfone groups is 1. The molecule has 0 aliphatic rings. The van der Waals surface area contributed by atoms with Gasteiger partial charge in [-0.1, -0.05) is 6.92 Å². The van der Waals surface area contributed by atoms with E-state index in [1.165, 1.54) is 6.92 Å². The number of hydrogen-bond donors (Lipinski definition) is 1. The summed E-state index contributed by atoms with van der Waals surface area (Å²) >= 11 is 0. The Hall–Kier alpha value is -1.08. The van der Waals surface area contributed by atoms with Crippen LogP contribution in [0.2, 0.25) is 0 Å². The monoisotopic (exact) mass is 295 g/mol. The quantitative estimate of drug-likeness (QED) is 0.905. The van der Waals surface area contributed by atoms with Crippen LogP contribution in [0.15, 0.2) is 12.1 Å². The molecule has 0 aliphatic carbocycles. The molecule has 108 valence electrons. The van der Waals surface area contributed by atoms with E-state index in [-0.39, 0.29) is 0 Å². The molecular weight excluding hydrogens is 279 g/mol. The third-order valence-electron chi connectivity index (χ3n) is 2.92. The summed E-state index contributed by atoms with van der Waals surface area (Å²) in [5, 5.41) is 1.68.